The summed E-state index contributed by atoms with van der Waals surface area (Å²) < 4.78 is 36.0. The lowest BCUT2D eigenvalue weighted by molar-refractivity contribution is 0.0960. The van der Waals surface area contributed by atoms with Crippen LogP contribution in [-0.4, -0.2) is 51.5 Å². The quantitative estimate of drug-likeness (QED) is 0.0927. The summed E-state index contributed by atoms with van der Waals surface area (Å²) in [4.78, 5) is 30.6. The van der Waals surface area contributed by atoms with Crippen LogP contribution >= 0.6 is 7.37 Å². The summed E-state index contributed by atoms with van der Waals surface area (Å²) in [6.07, 6.45) is 1.62. The maximum Gasteiger partial charge on any atom is 0.323 e. The fourth-order valence-electron chi connectivity index (χ4n) is 5.65. The first-order valence-corrected chi connectivity index (χ1v) is 18.7. The average molecular weight is 726 g/mol. The Morgan fingerprint density at radius 1 is 0.846 bits per heavy atom. The number of ether oxygens (including phenoxy) is 3. The van der Waals surface area contributed by atoms with Gasteiger partial charge in [0.1, 0.15) is 23.1 Å². The molecule has 0 aliphatic rings. The minimum Gasteiger partial charge on any atom is -0.496 e. The molecule has 0 spiro atoms. The molecule has 0 radical (unpaired) electrons. The molecule has 0 aliphatic heterocycles. The van der Waals surface area contributed by atoms with Crippen molar-refractivity contribution in [2.24, 2.45) is 0 Å². The van der Waals surface area contributed by atoms with E-state index >= 15 is 0 Å². The van der Waals surface area contributed by atoms with E-state index in [0.717, 1.165) is 16.3 Å². The molecule has 12 nitrogen and oxygen atoms in total. The lowest BCUT2D eigenvalue weighted by Crippen LogP contribution is -2.24. The van der Waals surface area contributed by atoms with Gasteiger partial charge in [0, 0.05) is 48.5 Å². The molecule has 4 aromatic carbocycles. The number of urea groups is 1. The van der Waals surface area contributed by atoms with Gasteiger partial charge in [-0.3, -0.25) is 9.36 Å². The largest absolute Gasteiger partial charge is 0.496 e. The first-order chi connectivity index (χ1) is 24.8. The van der Waals surface area contributed by atoms with Crippen LogP contribution in [0.1, 0.15) is 43.6 Å². The van der Waals surface area contributed by atoms with Gasteiger partial charge in [0.25, 0.3) is 5.91 Å². The lowest BCUT2D eigenvalue weighted by atomic mass is 9.85. The molecule has 0 saturated carbocycles. The molecule has 1 atom stereocenters. The molecule has 1 unspecified atom stereocenters. The molecule has 272 valence electrons. The van der Waals surface area contributed by atoms with Gasteiger partial charge in [0.05, 0.1) is 43.1 Å². The van der Waals surface area contributed by atoms with E-state index < -0.39 is 13.4 Å². The molecule has 5 aromatic rings. The van der Waals surface area contributed by atoms with E-state index in [1.54, 1.807) is 75.4 Å². The van der Waals surface area contributed by atoms with Gasteiger partial charge in [-0.25, -0.2) is 9.78 Å². The van der Waals surface area contributed by atoms with Crippen LogP contribution in [0, 0.1) is 0 Å². The van der Waals surface area contributed by atoms with Crippen LogP contribution in [0.5, 0.6) is 23.0 Å². The van der Waals surface area contributed by atoms with Crippen LogP contribution in [0.3, 0.4) is 0 Å². The molecule has 13 heteroatoms. The number of nitrogens with zero attached hydrogens (tertiary/aromatic N) is 1. The van der Waals surface area contributed by atoms with E-state index in [1.807, 2.05) is 51.1 Å². The number of carbonyl (C=O) groups is 2. The molecule has 3 amide bonds. The molecule has 0 bridgehead atoms. The summed E-state index contributed by atoms with van der Waals surface area (Å²) in [5.74, 6) is 1.97. The number of carbonyl (C=O) groups excluding carboxylic acids is 2. The van der Waals surface area contributed by atoms with E-state index in [9.17, 15) is 14.2 Å². The van der Waals surface area contributed by atoms with Gasteiger partial charge < -0.3 is 40.0 Å². The smallest absolute Gasteiger partial charge is 0.323 e. The van der Waals surface area contributed by atoms with Crippen molar-refractivity contribution in [3.05, 3.63) is 96.2 Å². The number of hydrogen-bond acceptors (Lipinski definition) is 9. The number of benzene rings is 4. The number of pyridine rings is 1. The molecule has 0 aliphatic carbocycles. The summed E-state index contributed by atoms with van der Waals surface area (Å²) in [7, 11) is 1.48. The van der Waals surface area contributed by atoms with Gasteiger partial charge in [-0.2, -0.15) is 0 Å². The van der Waals surface area contributed by atoms with Crippen LogP contribution in [0.2, 0.25) is 0 Å². The van der Waals surface area contributed by atoms with Gasteiger partial charge in [0.15, 0.2) is 5.75 Å². The van der Waals surface area contributed by atoms with E-state index in [2.05, 4.69) is 26.3 Å². The van der Waals surface area contributed by atoms with Crippen LogP contribution in [0.15, 0.2) is 85.1 Å². The summed E-state index contributed by atoms with van der Waals surface area (Å²) >= 11 is 0. The monoisotopic (exact) mass is 725 g/mol. The van der Waals surface area contributed by atoms with Gasteiger partial charge in [-0.05, 0) is 60.4 Å². The highest BCUT2D eigenvalue weighted by atomic mass is 31.2. The third-order valence-corrected chi connectivity index (χ3v) is 10.2. The fraction of sp³-hybridized carbons (Fsp3) is 0.256. The van der Waals surface area contributed by atoms with E-state index in [1.165, 1.54) is 14.2 Å². The fourth-order valence-corrected chi connectivity index (χ4v) is 7.18. The Kier molecular flexibility index (Phi) is 11.4. The maximum absolute atomic E-state index is 13.5. The zero-order valence-corrected chi connectivity index (χ0v) is 31.4. The van der Waals surface area contributed by atoms with Crippen LogP contribution in [0.4, 0.5) is 27.7 Å². The number of anilines is 4. The van der Waals surface area contributed by atoms with Crippen molar-refractivity contribution in [2.45, 2.75) is 33.1 Å². The van der Waals surface area contributed by atoms with Crippen molar-refractivity contribution >= 4 is 58.3 Å². The Morgan fingerprint density at radius 2 is 1.58 bits per heavy atom. The molecule has 0 fully saturated rings. The van der Waals surface area contributed by atoms with Crippen molar-refractivity contribution in [2.75, 3.05) is 50.5 Å². The first kappa shape index (κ1) is 37.7. The predicted octanol–water partition coefficient (Wildman–Crippen LogP) is 8.66. The Bertz CT molecular complexity index is 2170. The minimum absolute atomic E-state index is 0.256. The molecular weight excluding hydrogens is 681 g/mol. The zero-order chi connectivity index (χ0) is 37.6. The van der Waals surface area contributed by atoms with Crippen molar-refractivity contribution in [3.8, 4) is 23.0 Å². The summed E-state index contributed by atoms with van der Waals surface area (Å²) in [6.45, 7) is 9.76. The molecule has 0 saturated heterocycles. The number of aromatic nitrogens is 1. The number of methoxy groups -OCH3 is 2. The van der Waals surface area contributed by atoms with Crippen molar-refractivity contribution in [1.82, 2.24) is 10.3 Å². The van der Waals surface area contributed by atoms with Crippen molar-refractivity contribution in [1.29, 1.82) is 0 Å². The normalized spacial score (nSPS) is 12.4. The first-order valence-electron chi connectivity index (χ1n) is 16.6. The number of nitrogens with one attached hydrogen (secondary N) is 4. The number of amides is 3. The second-order valence-electron chi connectivity index (χ2n) is 12.9. The molecule has 5 rings (SSSR count). The second-order valence-corrected chi connectivity index (χ2v) is 15.4. The van der Waals surface area contributed by atoms with Gasteiger partial charge in [-0.15, -0.1) is 0 Å². The molecule has 4 N–H and O–H groups in total. The summed E-state index contributed by atoms with van der Waals surface area (Å²) in [6, 6.07) is 22.9. The SMILES string of the molecule is CCOP(C)(=O)c1ccc(Nc2cc(Oc3ccc(NC(=O)Nc4cc(C(C)(C)C)cc(C(=O)NC)c4OC)c4ccccc34)ccn2)cc1OC. The second kappa shape index (κ2) is 15.8. The van der Waals surface area contributed by atoms with Crippen LogP contribution in [0.25, 0.3) is 10.8 Å². The van der Waals surface area contributed by atoms with Gasteiger partial charge in [-0.1, -0.05) is 45.0 Å². The Hall–Kier alpha value is -5.58. The topological polar surface area (TPSA) is 149 Å². The predicted molar refractivity (Wildman–Crippen MR) is 207 cm³/mol. The highest BCUT2D eigenvalue weighted by molar-refractivity contribution is 7.66. The van der Waals surface area contributed by atoms with Gasteiger partial charge >= 0.3 is 6.03 Å². The minimum atomic E-state index is -3.05. The number of hydrogen-bond donors (Lipinski definition) is 4. The van der Waals surface area contributed by atoms with E-state index in [4.69, 9.17) is 18.7 Å². The third-order valence-electron chi connectivity index (χ3n) is 8.24. The summed E-state index contributed by atoms with van der Waals surface area (Å²) in [5.41, 5.74) is 2.46. The van der Waals surface area contributed by atoms with E-state index in [-0.39, 0.29) is 17.1 Å². The van der Waals surface area contributed by atoms with Crippen LogP contribution < -0.4 is 40.8 Å². The summed E-state index contributed by atoms with van der Waals surface area (Å²) in [5, 5.41) is 13.7. The van der Waals surface area contributed by atoms with Gasteiger partial charge in [0.2, 0.25) is 7.37 Å². The highest BCUT2D eigenvalue weighted by Gasteiger charge is 2.25. The van der Waals surface area contributed by atoms with Crippen LogP contribution in [-0.2, 0) is 14.5 Å². The number of rotatable bonds is 12. The average Bonchev–Trinajstić information content (AvgIpc) is 3.11. The highest BCUT2D eigenvalue weighted by Crippen LogP contribution is 2.45. The van der Waals surface area contributed by atoms with Crippen molar-refractivity contribution < 1.29 is 32.9 Å². The van der Waals surface area contributed by atoms with Crippen molar-refractivity contribution in [3.63, 3.8) is 0 Å². The molecule has 1 aromatic heterocycles. The Morgan fingerprint density at radius 3 is 2.25 bits per heavy atom. The third kappa shape index (κ3) is 8.47. The van der Waals surface area contributed by atoms with E-state index in [0.29, 0.717) is 57.6 Å². The lowest BCUT2D eigenvalue weighted by Gasteiger charge is -2.23. The standard InChI is InChI=1S/C39H44N5O7P/c1-9-50-52(8,47)34-17-14-25(22-33(34)48-6)42-35-23-26(18-19-41-35)51-32-16-15-30(27-12-10-11-13-28(27)32)43-38(46)44-31-21-24(39(2,3)4)20-29(36(31)49-7)37(45)40-5/h10-23H,9H2,1-8H3,(H,40,45)(H,41,42)(H2,43,44,46). The molecule has 1 heterocycles. The molecule has 52 heavy (non-hydrogen) atoms. The maximum atomic E-state index is 13.5. The molecular formula is C39H44N5O7P. The number of fused-ring (bicyclic) bond motifs is 1. The Labute approximate surface area is 303 Å². The zero-order valence-electron chi connectivity index (χ0n) is 30.5. The Balaban J connectivity index is 1.37.